The van der Waals surface area contributed by atoms with E-state index in [1.54, 1.807) is 43.5 Å². The summed E-state index contributed by atoms with van der Waals surface area (Å²) in [4.78, 5) is 40.7. The summed E-state index contributed by atoms with van der Waals surface area (Å²) < 4.78 is 10.7. The summed E-state index contributed by atoms with van der Waals surface area (Å²) in [6.07, 6.45) is -1.18. The van der Waals surface area contributed by atoms with Crippen molar-refractivity contribution in [1.29, 1.82) is 0 Å². The monoisotopic (exact) mass is 505 g/mol. The molecule has 0 radical (unpaired) electrons. The fraction of sp³-hybridized carbons (Fsp3) is 0.115. The maximum atomic E-state index is 13.1. The molecule has 1 N–H and O–H groups in total. The number of carbonyl (C=O) groups excluding carboxylic acids is 2. The number of nitro benzene ring substituents is 1. The highest BCUT2D eigenvalue weighted by Crippen LogP contribution is 2.28. The standard InChI is InChI=1S/C26H20ClN3O6/c1-15(25(31)29-23-12-9-17(30(33)34)13-21(23)27)36-26(32)20-14-24(16-7-10-18(35-2)11-8-16)28-22-6-4-3-5-19(20)22/h3-15H,1-2H3,(H,29,31)/t15-/m1/s1. The highest BCUT2D eigenvalue weighted by molar-refractivity contribution is 6.34. The molecule has 0 unspecified atom stereocenters. The number of fused-ring (bicyclic) bond motifs is 1. The third kappa shape index (κ3) is 5.26. The number of carbonyl (C=O) groups is 2. The van der Waals surface area contributed by atoms with Crippen LogP contribution in [0.4, 0.5) is 11.4 Å². The first-order valence-electron chi connectivity index (χ1n) is 10.8. The molecule has 0 aliphatic carbocycles. The summed E-state index contributed by atoms with van der Waals surface area (Å²) in [5.74, 6) is -0.666. The Labute approximate surface area is 210 Å². The molecule has 1 amide bonds. The molecule has 0 aliphatic rings. The Bertz CT molecular complexity index is 1470. The third-order valence-electron chi connectivity index (χ3n) is 5.40. The molecule has 0 saturated heterocycles. The Hall–Kier alpha value is -4.50. The predicted octanol–water partition coefficient (Wildman–Crippen LogP) is 5.66. The van der Waals surface area contributed by atoms with Crippen molar-refractivity contribution >= 4 is 45.8 Å². The Morgan fingerprint density at radius 2 is 1.78 bits per heavy atom. The van der Waals surface area contributed by atoms with Crippen molar-refractivity contribution in [1.82, 2.24) is 4.98 Å². The van der Waals surface area contributed by atoms with Crippen LogP contribution in [-0.2, 0) is 9.53 Å². The van der Waals surface area contributed by atoms with Gasteiger partial charge in [-0.2, -0.15) is 0 Å². The van der Waals surface area contributed by atoms with Gasteiger partial charge in [-0.1, -0.05) is 29.8 Å². The lowest BCUT2D eigenvalue weighted by molar-refractivity contribution is -0.384. The van der Waals surface area contributed by atoms with E-state index in [4.69, 9.17) is 21.1 Å². The average Bonchev–Trinajstić information content (AvgIpc) is 2.88. The van der Waals surface area contributed by atoms with Crippen molar-refractivity contribution in [2.24, 2.45) is 0 Å². The van der Waals surface area contributed by atoms with Gasteiger partial charge in [0.25, 0.3) is 11.6 Å². The van der Waals surface area contributed by atoms with Crippen LogP contribution in [0.3, 0.4) is 0 Å². The second-order valence-electron chi connectivity index (χ2n) is 7.76. The van der Waals surface area contributed by atoms with Crippen molar-refractivity contribution in [3.63, 3.8) is 0 Å². The lowest BCUT2D eigenvalue weighted by atomic mass is 10.0. The zero-order valence-corrected chi connectivity index (χ0v) is 20.0. The normalized spacial score (nSPS) is 11.5. The number of amides is 1. The van der Waals surface area contributed by atoms with Crippen molar-refractivity contribution in [3.8, 4) is 17.0 Å². The van der Waals surface area contributed by atoms with E-state index in [1.165, 1.54) is 19.1 Å². The number of esters is 1. The molecule has 9 nitrogen and oxygen atoms in total. The third-order valence-corrected chi connectivity index (χ3v) is 5.71. The lowest BCUT2D eigenvalue weighted by Gasteiger charge is -2.15. The number of nitrogens with zero attached hydrogens (tertiary/aromatic N) is 2. The van der Waals surface area contributed by atoms with Gasteiger partial charge in [0.1, 0.15) is 5.75 Å². The molecule has 1 atom stereocenters. The maximum Gasteiger partial charge on any atom is 0.339 e. The summed E-state index contributed by atoms with van der Waals surface area (Å²) in [6, 6.07) is 19.6. The molecule has 4 aromatic rings. The minimum absolute atomic E-state index is 0.0136. The zero-order valence-electron chi connectivity index (χ0n) is 19.2. The number of hydrogen-bond donors (Lipinski definition) is 1. The Balaban J connectivity index is 1.57. The lowest BCUT2D eigenvalue weighted by Crippen LogP contribution is -2.30. The number of ether oxygens (including phenoxy) is 2. The summed E-state index contributed by atoms with van der Waals surface area (Å²) in [6.45, 7) is 1.42. The van der Waals surface area contributed by atoms with Gasteiger partial charge in [0.2, 0.25) is 0 Å². The molecule has 4 rings (SSSR count). The van der Waals surface area contributed by atoms with Crippen molar-refractivity contribution < 1.29 is 24.0 Å². The van der Waals surface area contributed by atoms with Crippen LogP contribution < -0.4 is 10.1 Å². The number of methoxy groups -OCH3 is 1. The van der Waals surface area contributed by atoms with E-state index < -0.39 is 22.9 Å². The molecule has 182 valence electrons. The number of aromatic nitrogens is 1. The van der Waals surface area contributed by atoms with E-state index in [0.29, 0.717) is 22.3 Å². The van der Waals surface area contributed by atoms with Gasteiger partial charge < -0.3 is 14.8 Å². The quantitative estimate of drug-likeness (QED) is 0.195. The Morgan fingerprint density at radius 1 is 1.06 bits per heavy atom. The number of rotatable bonds is 7. The smallest absolute Gasteiger partial charge is 0.339 e. The van der Waals surface area contributed by atoms with Crippen LogP contribution in [0.1, 0.15) is 17.3 Å². The highest BCUT2D eigenvalue weighted by Gasteiger charge is 2.23. The Morgan fingerprint density at radius 3 is 2.44 bits per heavy atom. The first-order chi connectivity index (χ1) is 17.3. The number of nitrogens with one attached hydrogen (secondary N) is 1. The highest BCUT2D eigenvalue weighted by atomic mass is 35.5. The molecule has 0 fully saturated rings. The molecule has 36 heavy (non-hydrogen) atoms. The minimum Gasteiger partial charge on any atom is -0.497 e. The fourth-order valence-corrected chi connectivity index (χ4v) is 3.71. The van der Waals surface area contributed by atoms with E-state index in [-0.39, 0.29) is 22.0 Å². The van der Waals surface area contributed by atoms with Gasteiger partial charge in [0.15, 0.2) is 6.10 Å². The first kappa shape index (κ1) is 24.6. The van der Waals surface area contributed by atoms with E-state index in [1.807, 2.05) is 18.2 Å². The van der Waals surface area contributed by atoms with Crippen LogP contribution in [0.2, 0.25) is 5.02 Å². The molecular weight excluding hydrogens is 486 g/mol. The summed E-state index contributed by atoms with van der Waals surface area (Å²) in [5.41, 5.74) is 2.11. The number of non-ortho nitro benzene ring substituents is 1. The van der Waals surface area contributed by atoms with Crippen molar-refractivity contribution in [2.75, 3.05) is 12.4 Å². The van der Waals surface area contributed by atoms with Gasteiger partial charge in [-0.05, 0) is 49.4 Å². The van der Waals surface area contributed by atoms with Gasteiger partial charge >= 0.3 is 5.97 Å². The summed E-state index contributed by atoms with van der Waals surface area (Å²) in [5, 5.41) is 14.0. The molecule has 0 spiro atoms. The average molecular weight is 506 g/mol. The summed E-state index contributed by atoms with van der Waals surface area (Å²) >= 11 is 6.04. The molecular formula is C26H20ClN3O6. The number of benzene rings is 3. The van der Waals surface area contributed by atoms with Gasteiger partial charge in [0.05, 0.1) is 39.5 Å². The van der Waals surface area contributed by atoms with E-state index in [9.17, 15) is 19.7 Å². The molecule has 0 saturated carbocycles. The number of halogens is 1. The molecule has 1 aromatic heterocycles. The Kier molecular flexibility index (Phi) is 7.12. The topological polar surface area (TPSA) is 121 Å². The molecule has 1 heterocycles. The van der Waals surface area contributed by atoms with E-state index in [2.05, 4.69) is 10.3 Å². The number of para-hydroxylation sites is 1. The van der Waals surface area contributed by atoms with Gasteiger partial charge in [-0.15, -0.1) is 0 Å². The number of nitro groups is 1. The van der Waals surface area contributed by atoms with Crippen LogP contribution in [0.5, 0.6) is 5.75 Å². The molecule has 0 bridgehead atoms. The fourth-order valence-electron chi connectivity index (χ4n) is 3.48. The molecule has 0 aliphatic heterocycles. The van der Waals surface area contributed by atoms with Crippen LogP contribution in [0.25, 0.3) is 22.2 Å². The van der Waals surface area contributed by atoms with Crippen LogP contribution in [0.15, 0.2) is 72.8 Å². The van der Waals surface area contributed by atoms with Crippen LogP contribution >= 0.6 is 11.6 Å². The van der Waals surface area contributed by atoms with Crippen molar-refractivity contribution in [3.05, 3.63) is 93.5 Å². The molecule has 10 heteroatoms. The van der Waals surface area contributed by atoms with Crippen LogP contribution in [0, 0.1) is 10.1 Å². The second kappa shape index (κ2) is 10.4. The minimum atomic E-state index is -1.18. The SMILES string of the molecule is COc1ccc(-c2cc(C(=O)O[C@H](C)C(=O)Nc3ccc([N+](=O)[O-])cc3Cl)c3ccccc3n2)cc1. The largest absolute Gasteiger partial charge is 0.497 e. The van der Waals surface area contributed by atoms with Crippen LogP contribution in [-0.4, -0.2) is 35.0 Å². The zero-order chi connectivity index (χ0) is 25.8. The molecule has 3 aromatic carbocycles. The number of anilines is 1. The predicted molar refractivity (Wildman–Crippen MR) is 135 cm³/mol. The van der Waals surface area contributed by atoms with Gasteiger partial charge in [-0.3, -0.25) is 14.9 Å². The summed E-state index contributed by atoms with van der Waals surface area (Å²) in [7, 11) is 1.57. The number of pyridine rings is 1. The first-order valence-corrected chi connectivity index (χ1v) is 11.1. The second-order valence-corrected chi connectivity index (χ2v) is 8.17. The van der Waals surface area contributed by atoms with Crippen molar-refractivity contribution in [2.45, 2.75) is 13.0 Å². The van der Waals surface area contributed by atoms with E-state index in [0.717, 1.165) is 11.6 Å². The van der Waals surface area contributed by atoms with Gasteiger partial charge in [-0.25, -0.2) is 9.78 Å². The maximum absolute atomic E-state index is 13.1. The van der Waals surface area contributed by atoms with E-state index >= 15 is 0 Å². The number of hydrogen-bond acceptors (Lipinski definition) is 7. The van der Waals surface area contributed by atoms with Gasteiger partial charge in [0, 0.05) is 23.1 Å².